The van der Waals surface area contributed by atoms with Crippen molar-refractivity contribution < 1.29 is 0 Å². The van der Waals surface area contributed by atoms with E-state index in [0.717, 1.165) is 18.8 Å². The Morgan fingerprint density at radius 3 is 2.58 bits per heavy atom. The molecule has 0 radical (unpaired) electrons. The van der Waals surface area contributed by atoms with Crippen LogP contribution in [0.4, 0.5) is 0 Å². The van der Waals surface area contributed by atoms with Gasteiger partial charge >= 0.3 is 0 Å². The molecular formula is C16H26N2S. The highest BCUT2D eigenvalue weighted by Crippen LogP contribution is 2.15. The van der Waals surface area contributed by atoms with Gasteiger partial charge in [-0.05, 0) is 57.6 Å². The summed E-state index contributed by atoms with van der Waals surface area (Å²) < 4.78 is 0. The second kappa shape index (κ2) is 9.40. The zero-order valence-electron chi connectivity index (χ0n) is 11.8. The van der Waals surface area contributed by atoms with Crippen LogP contribution in [0.25, 0.3) is 0 Å². The largest absolute Gasteiger partial charge is 0.316 e. The van der Waals surface area contributed by atoms with Gasteiger partial charge < -0.3 is 10.2 Å². The van der Waals surface area contributed by atoms with Gasteiger partial charge in [-0.25, -0.2) is 0 Å². The molecule has 0 aliphatic carbocycles. The third-order valence-electron chi connectivity index (χ3n) is 3.57. The molecule has 1 fully saturated rings. The lowest BCUT2D eigenvalue weighted by atomic mass is 10.1. The van der Waals surface area contributed by atoms with Crippen LogP contribution in [0.5, 0.6) is 0 Å². The Kier molecular flexibility index (Phi) is 7.37. The first-order chi connectivity index (χ1) is 9.45. The number of nitrogens with one attached hydrogen (secondary N) is 1. The second-order valence-corrected chi connectivity index (χ2v) is 6.34. The molecule has 3 heteroatoms. The number of piperidine rings is 1. The van der Waals surface area contributed by atoms with Gasteiger partial charge in [0, 0.05) is 17.2 Å². The molecule has 0 amide bonds. The van der Waals surface area contributed by atoms with Gasteiger partial charge in [0.25, 0.3) is 0 Å². The summed E-state index contributed by atoms with van der Waals surface area (Å²) in [7, 11) is 0. The molecule has 1 saturated heterocycles. The number of benzene rings is 1. The van der Waals surface area contributed by atoms with Crippen molar-refractivity contribution in [3.63, 3.8) is 0 Å². The van der Waals surface area contributed by atoms with Crippen molar-refractivity contribution in [1.29, 1.82) is 0 Å². The van der Waals surface area contributed by atoms with E-state index in [1.54, 1.807) is 0 Å². The van der Waals surface area contributed by atoms with E-state index in [1.165, 1.54) is 50.2 Å². The Balaban J connectivity index is 1.42. The van der Waals surface area contributed by atoms with Crippen LogP contribution in [-0.4, -0.2) is 43.4 Å². The minimum absolute atomic E-state index is 1.11. The Morgan fingerprint density at radius 2 is 1.79 bits per heavy atom. The van der Waals surface area contributed by atoms with Crippen LogP contribution in [0.15, 0.2) is 35.2 Å². The minimum Gasteiger partial charge on any atom is -0.316 e. The first kappa shape index (κ1) is 14.9. The molecule has 1 aliphatic rings. The molecule has 1 N–H and O–H groups in total. The summed E-state index contributed by atoms with van der Waals surface area (Å²) >= 11 is 1.93. The average Bonchev–Trinajstić information content (AvgIpc) is 2.48. The molecule has 106 valence electrons. The summed E-state index contributed by atoms with van der Waals surface area (Å²) in [6, 6.07) is 10.6. The Labute approximate surface area is 122 Å². The molecule has 0 saturated carbocycles. The van der Waals surface area contributed by atoms with Gasteiger partial charge in [0.1, 0.15) is 0 Å². The first-order valence-electron chi connectivity index (χ1n) is 7.56. The number of hydrogen-bond donors (Lipinski definition) is 1. The van der Waals surface area contributed by atoms with E-state index in [2.05, 4.69) is 40.5 Å². The van der Waals surface area contributed by atoms with Crippen molar-refractivity contribution in [2.45, 2.75) is 30.6 Å². The summed E-state index contributed by atoms with van der Waals surface area (Å²) in [5.74, 6) is 1.16. The van der Waals surface area contributed by atoms with Crippen molar-refractivity contribution >= 4 is 11.8 Å². The smallest absolute Gasteiger partial charge is 0.0106 e. The highest BCUT2D eigenvalue weighted by Gasteiger charge is 2.08. The standard InChI is InChI=1S/C16H26N2S/c1-3-8-16(9-4-1)19-15-11-17-10-7-14-18-12-5-2-6-13-18/h1,3-4,8-9,17H,2,5-7,10-15H2. The van der Waals surface area contributed by atoms with E-state index in [1.807, 2.05) is 11.8 Å². The van der Waals surface area contributed by atoms with Crippen LogP contribution in [0.1, 0.15) is 25.7 Å². The van der Waals surface area contributed by atoms with Crippen molar-refractivity contribution in [3.05, 3.63) is 30.3 Å². The molecular weight excluding hydrogens is 252 g/mol. The van der Waals surface area contributed by atoms with E-state index in [9.17, 15) is 0 Å². The second-order valence-electron chi connectivity index (χ2n) is 5.17. The lowest BCUT2D eigenvalue weighted by Gasteiger charge is -2.26. The van der Waals surface area contributed by atoms with Gasteiger partial charge in [-0.15, -0.1) is 11.8 Å². The summed E-state index contributed by atoms with van der Waals surface area (Å²) in [4.78, 5) is 3.99. The molecule has 1 aromatic rings. The van der Waals surface area contributed by atoms with E-state index in [-0.39, 0.29) is 0 Å². The molecule has 0 atom stereocenters. The van der Waals surface area contributed by atoms with Crippen LogP contribution < -0.4 is 5.32 Å². The maximum absolute atomic E-state index is 3.55. The van der Waals surface area contributed by atoms with E-state index in [4.69, 9.17) is 0 Å². The van der Waals surface area contributed by atoms with E-state index >= 15 is 0 Å². The third-order valence-corrected chi connectivity index (χ3v) is 4.58. The number of thioether (sulfide) groups is 1. The highest BCUT2D eigenvalue weighted by molar-refractivity contribution is 7.99. The molecule has 0 bridgehead atoms. The van der Waals surface area contributed by atoms with E-state index < -0.39 is 0 Å². The number of nitrogens with zero attached hydrogens (tertiary/aromatic N) is 1. The molecule has 1 aliphatic heterocycles. The lowest BCUT2D eigenvalue weighted by molar-refractivity contribution is 0.226. The summed E-state index contributed by atoms with van der Waals surface area (Å²) in [5.41, 5.74) is 0. The Bertz CT molecular complexity index is 323. The molecule has 0 spiro atoms. The average molecular weight is 278 g/mol. The lowest BCUT2D eigenvalue weighted by Crippen LogP contribution is -2.32. The predicted octanol–water partition coefficient (Wildman–Crippen LogP) is 3.24. The molecule has 2 nitrogen and oxygen atoms in total. The zero-order valence-corrected chi connectivity index (χ0v) is 12.6. The molecule has 0 unspecified atom stereocenters. The maximum atomic E-state index is 3.55. The van der Waals surface area contributed by atoms with Crippen LogP contribution >= 0.6 is 11.8 Å². The Hall–Kier alpha value is -0.510. The fourth-order valence-corrected chi connectivity index (χ4v) is 3.33. The zero-order chi connectivity index (χ0) is 13.2. The fourth-order valence-electron chi connectivity index (χ4n) is 2.49. The SMILES string of the molecule is c1ccc(SCCNCCCN2CCCCC2)cc1. The molecule has 19 heavy (non-hydrogen) atoms. The Morgan fingerprint density at radius 1 is 1.00 bits per heavy atom. The van der Waals surface area contributed by atoms with Gasteiger partial charge in [-0.1, -0.05) is 24.6 Å². The van der Waals surface area contributed by atoms with Crippen LogP contribution in [-0.2, 0) is 0 Å². The molecule has 0 aromatic heterocycles. The van der Waals surface area contributed by atoms with Crippen molar-refractivity contribution in [2.24, 2.45) is 0 Å². The molecule has 1 aromatic carbocycles. The first-order valence-corrected chi connectivity index (χ1v) is 8.54. The van der Waals surface area contributed by atoms with Gasteiger partial charge in [0.05, 0.1) is 0 Å². The summed E-state index contributed by atoms with van der Waals surface area (Å²) in [6.45, 7) is 6.19. The predicted molar refractivity (Wildman–Crippen MR) is 84.9 cm³/mol. The quantitative estimate of drug-likeness (QED) is 0.580. The van der Waals surface area contributed by atoms with Gasteiger partial charge in [-0.2, -0.15) is 0 Å². The fraction of sp³-hybridized carbons (Fsp3) is 0.625. The number of likely N-dealkylation sites (tertiary alicyclic amines) is 1. The number of hydrogen-bond acceptors (Lipinski definition) is 3. The van der Waals surface area contributed by atoms with Gasteiger partial charge in [0.15, 0.2) is 0 Å². The topological polar surface area (TPSA) is 15.3 Å². The maximum Gasteiger partial charge on any atom is 0.0106 e. The highest BCUT2D eigenvalue weighted by atomic mass is 32.2. The third kappa shape index (κ3) is 6.46. The van der Waals surface area contributed by atoms with Crippen LogP contribution in [0.3, 0.4) is 0 Å². The monoisotopic (exact) mass is 278 g/mol. The van der Waals surface area contributed by atoms with Crippen molar-refractivity contribution in [2.75, 3.05) is 38.5 Å². The normalized spacial score (nSPS) is 16.6. The van der Waals surface area contributed by atoms with E-state index in [0.29, 0.717) is 0 Å². The van der Waals surface area contributed by atoms with Gasteiger partial charge in [0.2, 0.25) is 0 Å². The summed E-state index contributed by atoms with van der Waals surface area (Å²) in [6.07, 6.45) is 5.53. The summed E-state index contributed by atoms with van der Waals surface area (Å²) in [5, 5.41) is 3.55. The van der Waals surface area contributed by atoms with Crippen molar-refractivity contribution in [3.8, 4) is 0 Å². The van der Waals surface area contributed by atoms with Crippen LogP contribution in [0, 0.1) is 0 Å². The van der Waals surface area contributed by atoms with Gasteiger partial charge in [-0.3, -0.25) is 0 Å². The molecule has 2 rings (SSSR count). The van der Waals surface area contributed by atoms with Crippen molar-refractivity contribution in [1.82, 2.24) is 10.2 Å². The molecule has 1 heterocycles. The van der Waals surface area contributed by atoms with Crippen LogP contribution in [0.2, 0.25) is 0 Å². The minimum atomic E-state index is 1.11. The number of rotatable bonds is 8.